The molecule has 2 aromatic rings. The van der Waals surface area contributed by atoms with Gasteiger partial charge in [0.05, 0.1) is 22.9 Å². The molecule has 0 aliphatic heterocycles. The summed E-state index contributed by atoms with van der Waals surface area (Å²) >= 11 is 0. The molecule has 6 heteroatoms. The Bertz CT molecular complexity index is 629. The van der Waals surface area contributed by atoms with Gasteiger partial charge in [-0.3, -0.25) is 15.1 Å². The number of aromatic nitrogens is 1. The fourth-order valence-electron chi connectivity index (χ4n) is 1.87. The predicted molar refractivity (Wildman–Crippen MR) is 74.1 cm³/mol. The molecule has 5 nitrogen and oxygen atoms in total. The molecule has 0 saturated heterocycles. The molecule has 1 aromatic carbocycles. The Kier molecular flexibility index (Phi) is 3.93. The van der Waals surface area contributed by atoms with E-state index in [0.717, 1.165) is 11.8 Å². The zero-order valence-electron chi connectivity index (χ0n) is 11.1. The van der Waals surface area contributed by atoms with Crippen LogP contribution in [-0.2, 0) is 0 Å². The van der Waals surface area contributed by atoms with E-state index in [1.54, 1.807) is 25.1 Å². The Balaban J connectivity index is 2.25. The standard InChI is InChI=1S/C14H14FN3O2/c1-9-3-5-13(14(7-9)18(19)20)17-10(2)12-6-4-11(15)8-16-12/h3-8,10,17H,1-2H3. The van der Waals surface area contributed by atoms with E-state index in [1.807, 2.05) is 6.92 Å². The van der Waals surface area contributed by atoms with Gasteiger partial charge in [-0.05, 0) is 37.6 Å². The number of nitrogens with zero attached hydrogens (tertiary/aromatic N) is 2. The van der Waals surface area contributed by atoms with Gasteiger partial charge in [-0.25, -0.2) is 4.39 Å². The van der Waals surface area contributed by atoms with Gasteiger partial charge in [-0.2, -0.15) is 0 Å². The highest BCUT2D eigenvalue weighted by molar-refractivity contribution is 5.63. The number of hydrogen-bond acceptors (Lipinski definition) is 4. The molecular formula is C14H14FN3O2. The Morgan fingerprint density at radius 1 is 1.35 bits per heavy atom. The van der Waals surface area contributed by atoms with Gasteiger partial charge in [0.15, 0.2) is 0 Å². The number of pyridine rings is 1. The van der Waals surface area contributed by atoms with Gasteiger partial charge in [-0.1, -0.05) is 6.07 Å². The fraction of sp³-hybridized carbons (Fsp3) is 0.214. The minimum atomic E-state index is -0.430. The number of nitrogens with one attached hydrogen (secondary N) is 1. The average molecular weight is 275 g/mol. The van der Waals surface area contributed by atoms with E-state index in [0.29, 0.717) is 11.4 Å². The molecule has 0 saturated carbocycles. The maximum absolute atomic E-state index is 12.8. The molecule has 0 aliphatic rings. The van der Waals surface area contributed by atoms with Crippen molar-refractivity contribution >= 4 is 11.4 Å². The Morgan fingerprint density at radius 3 is 2.70 bits per heavy atom. The summed E-state index contributed by atoms with van der Waals surface area (Å²) in [7, 11) is 0. The summed E-state index contributed by atoms with van der Waals surface area (Å²) in [4.78, 5) is 14.6. The van der Waals surface area contributed by atoms with Crippen molar-refractivity contribution in [3.8, 4) is 0 Å². The molecule has 0 amide bonds. The summed E-state index contributed by atoms with van der Waals surface area (Å²) in [6.45, 7) is 3.60. The second-order valence-electron chi connectivity index (χ2n) is 4.55. The van der Waals surface area contributed by atoms with Crippen LogP contribution in [0.1, 0.15) is 24.2 Å². The van der Waals surface area contributed by atoms with Crippen molar-refractivity contribution in [1.29, 1.82) is 0 Å². The van der Waals surface area contributed by atoms with Crippen molar-refractivity contribution in [3.05, 3.63) is 63.7 Å². The molecular weight excluding hydrogens is 261 g/mol. The van der Waals surface area contributed by atoms with E-state index in [4.69, 9.17) is 0 Å². The van der Waals surface area contributed by atoms with Gasteiger partial charge in [0.2, 0.25) is 0 Å². The zero-order chi connectivity index (χ0) is 14.7. The predicted octanol–water partition coefficient (Wildman–Crippen LogP) is 3.61. The largest absolute Gasteiger partial charge is 0.371 e. The van der Waals surface area contributed by atoms with Gasteiger partial charge in [0.1, 0.15) is 11.5 Å². The summed E-state index contributed by atoms with van der Waals surface area (Å²) in [5.74, 6) is -0.415. The first kappa shape index (κ1) is 13.9. The van der Waals surface area contributed by atoms with Crippen LogP contribution in [0.5, 0.6) is 0 Å². The normalized spacial score (nSPS) is 11.9. The van der Waals surface area contributed by atoms with Crippen molar-refractivity contribution in [1.82, 2.24) is 4.98 Å². The summed E-state index contributed by atoms with van der Waals surface area (Å²) < 4.78 is 12.8. The van der Waals surface area contributed by atoms with Crippen LogP contribution >= 0.6 is 0 Å². The monoisotopic (exact) mass is 275 g/mol. The minimum Gasteiger partial charge on any atom is -0.371 e. The molecule has 20 heavy (non-hydrogen) atoms. The van der Waals surface area contributed by atoms with Crippen molar-refractivity contribution in [2.45, 2.75) is 19.9 Å². The first-order chi connectivity index (χ1) is 9.47. The van der Waals surface area contributed by atoms with E-state index in [-0.39, 0.29) is 11.7 Å². The minimum absolute atomic E-state index is 0.0129. The molecule has 0 spiro atoms. The summed E-state index contributed by atoms with van der Waals surface area (Å²) in [6, 6.07) is 7.55. The molecule has 1 N–H and O–H groups in total. The van der Waals surface area contributed by atoms with Gasteiger partial charge in [0, 0.05) is 6.07 Å². The lowest BCUT2D eigenvalue weighted by Crippen LogP contribution is -2.10. The average Bonchev–Trinajstić information content (AvgIpc) is 2.41. The van der Waals surface area contributed by atoms with E-state index in [2.05, 4.69) is 10.3 Å². The summed E-state index contributed by atoms with van der Waals surface area (Å²) in [5.41, 5.74) is 1.86. The second-order valence-corrected chi connectivity index (χ2v) is 4.55. The van der Waals surface area contributed by atoms with Crippen molar-refractivity contribution < 1.29 is 9.31 Å². The van der Waals surface area contributed by atoms with Gasteiger partial charge in [0.25, 0.3) is 5.69 Å². The van der Waals surface area contributed by atoms with Crippen LogP contribution in [0.2, 0.25) is 0 Å². The highest BCUT2D eigenvalue weighted by atomic mass is 19.1. The number of rotatable bonds is 4. The third kappa shape index (κ3) is 3.09. The SMILES string of the molecule is Cc1ccc(NC(C)c2ccc(F)cn2)c([N+](=O)[O-])c1. The molecule has 0 radical (unpaired) electrons. The van der Waals surface area contributed by atoms with Crippen molar-refractivity contribution in [3.63, 3.8) is 0 Å². The van der Waals surface area contributed by atoms with Gasteiger partial charge in [-0.15, -0.1) is 0 Å². The van der Waals surface area contributed by atoms with Gasteiger partial charge >= 0.3 is 0 Å². The zero-order valence-corrected chi connectivity index (χ0v) is 11.1. The maximum atomic E-state index is 12.8. The Labute approximate surface area is 115 Å². The lowest BCUT2D eigenvalue weighted by molar-refractivity contribution is -0.384. The molecule has 0 aliphatic carbocycles. The topological polar surface area (TPSA) is 68.1 Å². The van der Waals surface area contributed by atoms with Crippen LogP contribution < -0.4 is 5.32 Å². The van der Waals surface area contributed by atoms with E-state index < -0.39 is 10.7 Å². The first-order valence-electron chi connectivity index (χ1n) is 6.10. The third-order valence-electron chi connectivity index (χ3n) is 2.92. The second kappa shape index (κ2) is 5.64. The Hall–Kier alpha value is -2.50. The molecule has 0 bridgehead atoms. The maximum Gasteiger partial charge on any atom is 0.292 e. The van der Waals surface area contributed by atoms with Crippen LogP contribution in [-0.4, -0.2) is 9.91 Å². The van der Waals surface area contributed by atoms with E-state index in [1.165, 1.54) is 12.1 Å². The molecule has 0 fully saturated rings. The number of nitro groups is 1. The smallest absolute Gasteiger partial charge is 0.292 e. The van der Waals surface area contributed by atoms with Crippen molar-refractivity contribution in [2.24, 2.45) is 0 Å². The number of halogens is 1. The van der Waals surface area contributed by atoms with Crippen LogP contribution in [0.3, 0.4) is 0 Å². The van der Waals surface area contributed by atoms with Gasteiger partial charge < -0.3 is 5.32 Å². The molecule has 1 unspecified atom stereocenters. The molecule has 1 aromatic heterocycles. The van der Waals surface area contributed by atoms with E-state index >= 15 is 0 Å². The van der Waals surface area contributed by atoms with Crippen LogP contribution in [0.15, 0.2) is 36.5 Å². The van der Waals surface area contributed by atoms with Crippen molar-refractivity contribution in [2.75, 3.05) is 5.32 Å². The highest BCUT2D eigenvalue weighted by Crippen LogP contribution is 2.28. The lowest BCUT2D eigenvalue weighted by Gasteiger charge is -2.15. The quantitative estimate of drug-likeness (QED) is 0.683. The molecule has 104 valence electrons. The summed E-state index contributed by atoms with van der Waals surface area (Å²) in [6.07, 6.45) is 1.12. The number of hydrogen-bond donors (Lipinski definition) is 1. The van der Waals surface area contributed by atoms with E-state index in [9.17, 15) is 14.5 Å². The lowest BCUT2D eigenvalue weighted by atomic mass is 10.1. The number of benzene rings is 1. The van der Waals surface area contributed by atoms with Crippen LogP contribution in [0, 0.1) is 22.9 Å². The molecule has 1 atom stereocenters. The highest BCUT2D eigenvalue weighted by Gasteiger charge is 2.16. The van der Waals surface area contributed by atoms with Crippen LogP contribution in [0.4, 0.5) is 15.8 Å². The van der Waals surface area contributed by atoms with Crippen LogP contribution in [0.25, 0.3) is 0 Å². The fourth-order valence-corrected chi connectivity index (χ4v) is 1.87. The summed E-state index contributed by atoms with van der Waals surface area (Å²) in [5, 5.41) is 14.1. The number of anilines is 1. The Morgan fingerprint density at radius 2 is 2.10 bits per heavy atom. The number of aryl methyl sites for hydroxylation is 1. The molecule has 2 rings (SSSR count). The first-order valence-corrected chi connectivity index (χ1v) is 6.10. The molecule has 1 heterocycles. The third-order valence-corrected chi connectivity index (χ3v) is 2.92. The number of nitro benzene ring substituents is 1.